The quantitative estimate of drug-likeness (QED) is 0.479. The average Bonchev–Trinajstić information content (AvgIpc) is 3.33. The van der Waals surface area contributed by atoms with Crippen molar-refractivity contribution in [3.63, 3.8) is 0 Å². The summed E-state index contributed by atoms with van der Waals surface area (Å²) in [6.07, 6.45) is 3.63. The Kier molecular flexibility index (Phi) is 7.20. The summed E-state index contributed by atoms with van der Waals surface area (Å²) in [6, 6.07) is 14.2. The standard InChI is InChI=1S/C26H24F2N4O2/c27-18-9-7-16(8-10-18)17-12-24(31-14-17)25-20(5-3-6-21(25)28)26(34)32-23(22(29)15-33)13-19-4-1-2-11-30-19/h1-12,22-23,33H,13-15,29H2,(H,32,34)/t22-,23-/m1/s1. The molecule has 0 spiro atoms. The molecule has 1 aliphatic heterocycles. The summed E-state index contributed by atoms with van der Waals surface area (Å²) < 4.78 is 28.2. The number of nitrogens with one attached hydrogen (secondary N) is 1. The number of amides is 1. The molecule has 3 aromatic rings. The Bertz CT molecular complexity index is 1230. The maximum absolute atomic E-state index is 14.9. The predicted molar refractivity (Wildman–Crippen MR) is 126 cm³/mol. The lowest BCUT2D eigenvalue weighted by Crippen LogP contribution is -2.51. The fourth-order valence-corrected chi connectivity index (χ4v) is 3.82. The SMILES string of the molecule is N[C@H](CO)[C@@H](Cc1ccccn1)NC(=O)c1cccc(F)c1C1=NCC(c2ccc(F)cc2)=C1. The van der Waals surface area contributed by atoms with Crippen LogP contribution in [0.25, 0.3) is 5.57 Å². The molecule has 2 aromatic carbocycles. The third-order valence-electron chi connectivity index (χ3n) is 5.66. The molecule has 0 bridgehead atoms. The van der Waals surface area contributed by atoms with Crippen LogP contribution in [0.2, 0.25) is 0 Å². The molecule has 2 heterocycles. The molecular weight excluding hydrogens is 438 g/mol. The van der Waals surface area contributed by atoms with Crippen molar-refractivity contribution >= 4 is 17.2 Å². The number of aliphatic hydroxyl groups is 1. The van der Waals surface area contributed by atoms with Crippen LogP contribution in [0.15, 0.2) is 77.9 Å². The molecule has 8 heteroatoms. The van der Waals surface area contributed by atoms with Gasteiger partial charge >= 0.3 is 0 Å². The van der Waals surface area contributed by atoms with Crippen molar-refractivity contribution in [2.75, 3.05) is 13.2 Å². The van der Waals surface area contributed by atoms with Crippen LogP contribution in [0.5, 0.6) is 0 Å². The van der Waals surface area contributed by atoms with Crippen molar-refractivity contribution in [1.82, 2.24) is 10.3 Å². The minimum atomic E-state index is -0.739. The van der Waals surface area contributed by atoms with Gasteiger partial charge in [-0.15, -0.1) is 0 Å². The largest absolute Gasteiger partial charge is 0.395 e. The number of aliphatic hydroxyl groups excluding tert-OH is 1. The third kappa shape index (κ3) is 5.24. The van der Waals surface area contributed by atoms with Crippen molar-refractivity contribution in [1.29, 1.82) is 0 Å². The number of nitrogens with two attached hydrogens (primary N) is 1. The van der Waals surface area contributed by atoms with Gasteiger partial charge in [0.1, 0.15) is 11.6 Å². The van der Waals surface area contributed by atoms with Gasteiger partial charge in [-0.25, -0.2) is 8.78 Å². The van der Waals surface area contributed by atoms with E-state index in [1.54, 1.807) is 36.5 Å². The highest BCUT2D eigenvalue weighted by molar-refractivity contribution is 6.19. The van der Waals surface area contributed by atoms with E-state index in [-0.39, 0.29) is 30.1 Å². The number of aliphatic imine (C=N–C) groups is 1. The summed E-state index contributed by atoms with van der Waals surface area (Å²) in [7, 11) is 0. The van der Waals surface area contributed by atoms with E-state index in [1.165, 1.54) is 30.3 Å². The Morgan fingerprint density at radius 2 is 1.88 bits per heavy atom. The number of aromatic nitrogens is 1. The maximum Gasteiger partial charge on any atom is 0.252 e. The van der Waals surface area contributed by atoms with Crippen LogP contribution in [0.1, 0.15) is 27.2 Å². The monoisotopic (exact) mass is 462 g/mol. The topological polar surface area (TPSA) is 101 Å². The first-order valence-electron chi connectivity index (χ1n) is 10.8. The zero-order valence-corrected chi connectivity index (χ0v) is 18.3. The second-order valence-corrected chi connectivity index (χ2v) is 7.99. The second kappa shape index (κ2) is 10.5. The zero-order chi connectivity index (χ0) is 24.1. The summed E-state index contributed by atoms with van der Waals surface area (Å²) in [5.74, 6) is -1.47. The summed E-state index contributed by atoms with van der Waals surface area (Å²) in [4.78, 5) is 21.9. The molecule has 4 N–H and O–H groups in total. The van der Waals surface area contributed by atoms with E-state index in [2.05, 4.69) is 15.3 Å². The van der Waals surface area contributed by atoms with Gasteiger partial charge < -0.3 is 16.2 Å². The molecule has 0 radical (unpaired) electrons. The molecule has 0 unspecified atom stereocenters. The summed E-state index contributed by atoms with van der Waals surface area (Å²) in [5.41, 5.74) is 8.81. The van der Waals surface area contributed by atoms with Crippen LogP contribution >= 0.6 is 0 Å². The molecular formula is C26H24F2N4O2. The predicted octanol–water partition coefficient (Wildman–Crippen LogP) is 2.91. The first-order chi connectivity index (χ1) is 16.5. The minimum Gasteiger partial charge on any atom is -0.395 e. The number of pyridine rings is 1. The van der Waals surface area contributed by atoms with Gasteiger partial charge in [-0.05, 0) is 53.6 Å². The Morgan fingerprint density at radius 3 is 2.59 bits per heavy atom. The van der Waals surface area contributed by atoms with E-state index in [0.29, 0.717) is 17.8 Å². The van der Waals surface area contributed by atoms with Crippen molar-refractivity contribution in [3.05, 3.63) is 107 Å². The maximum atomic E-state index is 14.9. The van der Waals surface area contributed by atoms with E-state index >= 15 is 0 Å². The minimum absolute atomic E-state index is 0.0752. The number of hydrogen-bond donors (Lipinski definition) is 3. The molecule has 1 amide bonds. The average molecular weight is 463 g/mol. The zero-order valence-electron chi connectivity index (χ0n) is 18.3. The fraction of sp³-hybridized carbons (Fsp3) is 0.192. The third-order valence-corrected chi connectivity index (χ3v) is 5.66. The highest BCUT2D eigenvalue weighted by Crippen LogP contribution is 2.25. The summed E-state index contributed by atoms with van der Waals surface area (Å²) in [6.45, 7) is -0.0572. The molecule has 0 aliphatic carbocycles. The molecule has 0 saturated heterocycles. The lowest BCUT2D eigenvalue weighted by atomic mass is 9.98. The van der Waals surface area contributed by atoms with E-state index in [9.17, 15) is 18.7 Å². The van der Waals surface area contributed by atoms with Crippen molar-refractivity contribution < 1.29 is 18.7 Å². The van der Waals surface area contributed by atoms with E-state index < -0.39 is 23.8 Å². The highest BCUT2D eigenvalue weighted by Gasteiger charge is 2.26. The lowest BCUT2D eigenvalue weighted by molar-refractivity contribution is 0.0922. The van der Waals surface area contributed by atoms with Crippen LogP contribution in [0, 0.1) is 11.6 Å². The van der Waals surface area contributed by atoms with Gasteiger partial charge in [0.15, 0.2) is 0 Å². The van der Waals surface area contributed by atoms with Gasteiger partial charge in [-0.1, -0.05) is 24.3 Å². The number of nitrogens with zero attached hydrogens (tertiary/aromatic N) is 2. The summed E-state index contributed by atoms with van der Waals surface area (Å²) in [5, 5.41) is 12.4. The fourth-order valence-electron chi connectivity index (χ4n) is 3.82. The number of hydrogen-bond acceptors (Lipinski definition) is 5. The van der Waals surface area contributed by atoms with Gasteiger partial charge in [0.25, 0.3) is 5.91 Å². The molecule has 2 atom stereocenters. The Balaban J connectivity index is 1.60. The number of carbonyl (C=O) groups is 1. The number of halogens is 2. The van der Waals surface area contributed by atoms with Crippen LogP contribution in [0.4, 0.5) is 8.78 Å². The molecule has 4 rings (SSSR count). The number of allylic oxidation sites excluding steroid dienone is 1. The molecule has 0 fully saturated rings. The Morgan fingerprint density at radius 1 is 1.09 bits per heavy atom. The van der Waals surface area contributed by atoms with Crippen molar-refractivity contribution in [2.24, 2.45) is 10.7 Å². The summed E-state index contributed by atoms with van der Waals surface area (Å²) >= 11 is 0. The molecule has 1 aliphatic rings. The van der Waals surface area contributed by atoms with Crippen LogP contribution < -0.4 is 11.1 Å². The van der Waals surface area contributed by atoms with Gasteiger partial charge in [0.2, 0.25) is 0 Å². The van der Waals surface area contributed by atoms with Gasteiger partial charge in [-0.2, -0.15) is 0 Å². The lowest BCUT2D eigenvalue weighted by Gasteiger charge is -2.24. The van der Waals surface area contributed by atoms with Crippen molar-refractivity contribution in [2.45, 2.75) is 18.5 Å². The first-order valence-corrected chi connectivity index (χ1v) is 10.8. The molecule has 1 aromatic heterocycles. The smallest absolute Gasteiger partial charge is 0.252 e. The highest BCUT2D eigenvalue weighted by atomic mass is 19.1. The van der Waals surface area contributed by atoms with E-state index in [1.807, 2.05) is 6.07 Å². The molecule has 0 saturated carbocycles. The molecule has 174 valence electrons. The second-order valence-electron chi connectivity index (χ2n) is 7.99. The molecule has 34 heavy (non-hydrogen) atoms. The number of rotatable bonds is 8. The van der Waals surface area contributed by atoms with E-state index in [0.717, 1.165) is 11.1 Å². The first kappa shape index (κ1) is 23.4. The Labute approximate surface area is 195 Å². The van der Waals surface area contributed by atoms with Crippen molar-refractivity contribution in [3.8, 4) is 0 Å². The molecule has 6 nitrogen and oxygen atoms in total. The number of benzene rings is 2. The Hall–Kier alpha value is -3.75. The number of carbonyl (C=O) groups excluding carboxylic acids is 1. The van der Waals surface area contributed by atoms with Crippen LogP contribution in [-0.4, -0.2) is 46.9 Å². The van der Waals surface area contributed by atoms with Crippen LogP contribution in [0.3, 0.4) is 0 Å². The van der Waals surface area contributed by atoms with Gasteiger partial charge in [0.05, 0.1) is 30.5 Å². The van der Waals surface area contributed by atoms with E-state index in [4.69, 9.17) is 5.73 Å². The van der Waals surface area contributed by atoms with Gasteiger partial charge in [0, 0.05) is 29.9 Å². The van der Waals surface area contributed by atoms with Gasteiger partial charge in [-0.3, -0.25) is 14.8 Å². The van der Waals surface area contributed by atoms with Crippen LogP contribution in [-0.2, 0) is 6.42 Å². The normalized spacial score (nSPS) is 14.8.